The van der Waals surface area contributed by atoms with Crippen molar-refractivity contribution in [2.45, 2.75) is 44.4 Å². The highest BCUT2D eigenvalue weighted by Gasteiger charge is 2.13. The van der Waals surface area contributed by atoms with Crippen molar-refractivity contribution < 1.29 is 0 Å². The Kier molecular flexibility index (Phi) is 12.3. The number of allylic oxidation sites excluding steroid dienone is 4. The number of hydrogen-bond donors (Lipinski definition) is 0. The summed E-state index contributed by atoms with van der Waals surface area (Å²) in [5, 5.41) is 0. The second-order valence-corrected chi connectivity index (χ2v) is 6.52. The quantitative estimate of drug-likeness (QED) is 0.250. The van der Waals surface area contributed by atoms with Crippen LogP contribution in [0.5, 0.6) is 0 Å². The molecule has 0 radical (unpaired) electrons. The first-order valence-electron chi connectivity index (χ1n) is 8.15. The summed E-state index contributed by atoms with van der Waals surface area (Å²) in [6, 6.07) is 15.1. The first kappa shape index (κ1) is 22.0. The molecule has 2 aromatic rings. The van der Waals surface area contributed by atoms with E-state index in [2.05, 4.69) is 76.4 Å². The summed E-state index contributed by atoms with van der Waals surface area (Å²) in [6.45, 7) is 17.3. The van der Waals surface area contributed by atoms with Gasteiger partial charge in [0.15, 0.2) is 9.79 Å². The van der Waals surface area contributed by atoms with Gasteiger partial charge in [-0.05, 0) is 46.8 Å². The molecule has 0 heterocycles. The van der Waals surface area contributed by atoms with Crippen LogP contribution in [-0.4, -0.2) is 0 Å². The molecule has 0 aliphatic carbocycles. The maximum Gasteiger partial charge on any atom is 0.164 e. The lowest BCUT2D eigenvalue weighted by Gasteiger charge is -2.03. The molecular formula is C23H31S+. The molecule has 0 aromatic heterocycles. The van der Waals surface area contributed by atoms with Gasteiger partial charge in [0.2, 0.25) is 0 Å². The van der Waals surface area contributed by atoms with Gasteiger partial charge in [-0.25, -0.2) is 0 Å². The lowest BCUT2D eigenvalue weighted by atomic mass is 10.1. The smallest absolute Gasteiger partial charge is 0.0991 e. The summed E-state index contributed by atoms with van der Waals surface area (Å²) < 4.78 is 0. The Morgan fingerprint density at radius 1 is 0.792 bits per heavy atom. The molecule has 0 bridgehead atoms. The second kappa shape index (κ2) is 13.4. The molecule has 0 saturated carbocycles. The molecule has 0 spiro atoms. The Morgan fingerprint density at radius 2 is 1.25 bits per heavy atom. The van der Waals surface area contributed by atoms with Crippen LogP contribution in [0.25, 0.3) is 0 Å². The highest BCUT2D eigenvalue weighted by molar-refractivity contribution is 7.78. The van der Waals surface area contributed by atoms with E-state index in [1.54, 1.807) is 12.2 Å². The zero-order chi connectivity index (χ0) is 18.4. The SMILES string of the molecule is C/C=C\C.C=CC=C.Cc1cc(C)c([SH+]c2ccccc2)c(C)c1. The van der Waals surface area contributed by atoms with Crippen LogP contribution < -0.4 is 0 Å². The fourth-order valence-corrected chi connectivity index (χ4v) is 3.04. The molecule has 128 valence electrons. The predicted molar refractivity (Wildman–Crippen MR) is 113 cm³/mol. The molecule has 0 saturated heterocycles. The average molecular weight is 340 g/mol. The Bertz CT molecular complexity index is 603. The van der Waals surface area contributed by atoms with Gasteiger partial charge in [0.05, 0.1) is 0 Å². The summed E-state index contributed by atoms with van der Waals surface area (Å²) >= 11 is 1.31. The van der Waals surface area contributed by atoms with E-state index < -0.39 is 0 Å². The molecule has 0 amide bonds. The van der Waals surface area contributed by atoms with Gasteiger partial charge in [-0.1, -0.05) is 73.4 Å². The minimum Gasteiger partial charge on any atom is -0.0991 e. The first-order valence-corrected chi connectivity index (χ1v) is 9.04. The van der Waals surface area contributed by atoms with Crippen molar-refractivity contribution in [2.24, 2.45) is 0 Å². The van der Waals surface area contributed by atoms with E-state index in [0.29, 0.717) is 0 Å². The fraction of sp³-hybridized carbons (Fsp3) is 0.217. The number of benzene rings is 2. The molecular weight excluding hydrogens is 308 g/mol. The predicted octanol–water partition coefficient (Wildman–Crippen LogP) is 6.79. The van der Waals surface area contributed by atoms with Gasteiger partial charge in [-0.2, -0.15) is 0 Å². The second-order valence-electron chi connectivity index (χ2n) is 5.33. The first-order chi connectivity index (χ1) is 11.5. The Balaban J connectivity index is 0.000000558. The van der Waals surface area contributed by atoms with Crippen molar-refractivity contribution in [1.82, 2.24) is 0 Å². The number of rotatable bonds is 3. The van der Waals surface area contributed by atoms with E-state index in [-0.39, 0.29) is 0 Å². The summed E-state index contributed by atoms with van der Waals surface area (Å²) in [7, 11) is 0. The van der Waals surface area contributed by atoms with E-state index in [9.17, 15) is 0 Å². The third-order valence-electron chi connectivity index (χ3n) is 3.13. The van der Waals surface area contributed by atoms with Gasteiger partial charge in [0, 0.05) is 22.9 Å². The molecule has 0 nitrogen and oxygen atoms in total. The summed E-state index contributed by atoms with van der Waals surface area (Å²) in [6.07, 6.45) is 7.28. The number of thiol groups is 1. The average Bonchev–Trinajstić information content (AvgIpc) is 2.59. The van der Waals surface area contributed by atoms with E-state index in [4.69, 9.17) is 0 Å². The molecule has 0 fully saturated rings. The van der Waals surface area contributed by atoms with Crippen LogP contribution in [0.3, 0.4) is 0 Å². The van der Waals surface area contributed by atoms with Crippen LogP contribution in [0.1, 0.15) is 30.5 Å². The molecule has 0 atom stereocenters. The Hall–Kier alpha value is -1.99. The van der Waals surface area contributed by atoms with Crippen molar-refractivity contribution in [3.05, 3.63) is 96.6 Å². The number of hydrogen-bond acceptors (Lipinski definition) is 0. The molecule has 24 heavy (non-hydrogen) atoms. The van der Waals surface area contributed by atoms with Crippen LogP contribution in [0.2, 0.25) is 0 Å². The van der Waals surface area contributed by atoms with Gasteiger partial charge in [-0.15, -0.1) is 0 Å². The maximum atomic E-state index is 3.36. The van der Waals surface area contributed by atoms with Gasteiger partial charge >= 0.3 is 0 Å². The monoisotopic (exact) mass is 339 g/mol. The number of aryl methyl sites for hydroxylation is 3. The molecule has 1 heteroatoms. The maximum absolute atomic E-state index is 3.36. The van der Waals surface area contributed by atoms with Crippen molar-refractivity contribution in [3.8, 4) is 0 Å². The van der Waals surface area contributed by atoms with E-state index in [0.717, 1.165) is 0 Å². The summed E-state index contributed by atoms with van der Waals surface area (Å²) in [5.74, 6) is 0. The van der Waals surface area contributed by atoms with Crippen molar-refractivity contribution in [1.29, 1.82) is 0 Å². The van der Waals surface area contributed by atoms with Crippen LogP contribution in [0.4, 0.5) is 0 Å². The Morgan fingerprint density at radius 3 is 1.62 bits per heavy atom. The lowest BCUT2D eigenvalue weighted by molar-refractivity contribution is 1.18. The molecule has 0 aliphatic rings. The molecule has 0 N–H and O–H groups in total. The highest BCUT2D eigenvalue weighted by atomic mass is 32.2. The van der Waals surface area contributed by atoms with Crippen LogP contribution in [-0.2, 0) is 11.8 Å². The van der Waals surface area contributed by atoms with Gasteiger partial charge in [0.25, 0.3) is 0 Å². The van der Waals surface area contributed by atoms with Crippen molar-refractivity contribution in [3.63, 3.8) is 0 Å². The molecule has 2 rings (SSSR count). The topological polar surface area (TPSA) is 0 Å². The lowest BCUT2D eigenvalue weighted by Crippen LogP contribution is -1.94. The van der Waals surface area contributed by atoms with E-state index in [1.165, 1.54) is 38.2 Å². The van der Waals surface area contributed by atoms with Crippen LogP contribution >= 0.6 is 0 Å². The van der Waals surface area contributed by atoms with E-state index >= 15 is 0 Å². The summed E-state index contributed by atoms with van der Waals surface area (Å²) in [4.78, 5) is 2.80. The Labute approximate surface area is 153 Å². The molecule has 0 unspecified atom stereocenters. The van der Waals surface area contributed by atoms with Crippen LogP contribution in [0, 0.1) is 20.8 Å². The largest absolute Gasteiger partial charge is 0.164 e. The summed E-state index contributed by atoms with van der Waals surface area (Å²) in [5.41, 5.74) is 4.13. The van der Waals surface area contributed by atoms with Gasteiger partial charge in [0.1, 0.15) is 0 Å². The zero-order valence-corrected chi connectivity index (χ0v) is 16.6. The van der Waals surface area contributed by atoms with Crippen molar-refractivity contribution in [2.75, 3.05) is 0 Å². The van der Waals surface area contributed by atoms with Gasteiger partial charge in [-0.3, -0.25) is 0 Å². The third kappa shape index (κ3) is 9.22. The molecule has 0 aliphatic heterocycles. The van der Waals surface area contributed by atoms with Crippen LogP contribution in [0.15, 0.2) is 89.7 Å². The van der Waals surface area contributed by atoms with Crippen molar-refractivity contribution >= 4 is 11.8 Å². The minimum absolute atomic E-state index is 1.31. The highest BCUT2D eigenvalue weighted by Crippen LogP contribution is 2.21. The fourth-order valence-electron chi connectivity index (χ4n) is 1.98. The van der Waals surface area contributed by atoms with Gasteiger partial charge < -0.3 is 0 Å². The zero-order valence-electron chi connectivity index (χ0n) is 15.7. The molecule has 2 aromatic carbocycles. The standard InChI is InChI=1S/C15H16S.C4H8.C4H6/c1-11-9-12(2)15(13(3)10-11)16-14-7-5-4-6-8-14;2*1-3-4-2/h4-10H,1-3H3;3-4H,1-2H3;3-4H,1-2H2/p+1/b;4-3-;. The minimum atomic E-state index is 1.31. The third-order valence-corrected chi connectivity index (χ3v) is 4.62. The normalized spacial score (nSPS) is 9.38. The van der Waals surface area contributed by atoms with E-state index in [1.807, 2.05) is 26.0 Å².